The van der Waals surface area contributed by atoms with E-state index < -0.39 is 0 Å². The van der Waals surface area contributed by atoms with Gasteiger partial charge in [0.1, 0.15) is 0 Å². The van der Waals surface area contributed by atoms with E-state index in [0.29, 0.717) is 0 Å². The van der Waals surface area contributed by atoms with E-state index in [4.69, 9.17) is 0 Å². The number of rotatable bonds is 0. The highest BCUT2D eigenvalue weighted by Crippen LogP contribution is 0.144. The van der Waals surface area contributed by atoms with Gasteiger partial charge >= 0.3 is 0 Å². The molecule has 0 aliphatic rings. The normalized spacial score (nSPS) is 0. The second-order valence-electron chi connectivity index (χ2n) is 0. The summed E-state index contributed by atoms with van der Waals surface area (Å²) in [7, 11) is 0. The third kappa shape index (κ3) is 508. The lowest BCUT2D eigenvalue weighted by Crippen LogP contribution is -0.482. The highest BCUT2D eigenvalue weighted by molar-refractivity contribution is 2.50. The lowest BCUT2D eigenvalue weighted by Gasteiger charge is -0.345. The molecule has 0 saturated heterocycles. The highest BCUT2D eigenvalue weighted by Gasteiger charge is -0.0775. The van der Waals surface area contributed by atoms with Crippen LogP contribution >= 0.6 is 0 Å². The maximum Gasteiger partial charge on any atom is 0 e. The molecule has 0 rings (SSSR count). The van der Waals surface area contributed by atoms with Crippen molar-refractivity contribution in [3.63, 3.8) is 0 Å². The van der Waals surface area contributed by atoms with Crippen molar-refractivity contribution in [1.82, 2.24) is 24.6 Å². The molecule has 12 N–H and O–H groups in total. The molecule has 4 nitrogen and oxygen atoms in total. The first-order chi connectivity index (χ1) is 0. The molecule has 0 aromatic carbocycles. The van der Waals surface area contributed by atoms with Gasteiger partial charge < -0.3 is 24.6 Å². The minimum absolute atomic E-state index is 0. The molecular weight excluding hydrogens is 68.0 g/mol. The van der Waals surface area contributed by atoms with Crippen LogP contribution in [-0.4, -0.2) is 0 Å². The zero-order valence-corrected chi connectivity index (χ0v) is 2.83. The topological polar surface area (TPSA) is 140 Å². The van der Waals surface area contributed by atoms with E-state index in [0.717, 1.165) is 0 Å². The first kappa shape index (κ1) is 2790. The van der Waals surface area contributed by atoms with Crippen LogP contribution in [0.4, 0.5) is 0 Å². The molecular formula is CH20N4. The number of hydrogen-bond acceptors (Lipinski definition) is 4. The molecule has 0 bridgehead atoms. The molecule has 44 valence electrons. The Morgan fingerprint density at radius 2 is 0.600 bits per heavy atom. The van der Waals surface area contributed by atoms with Crippen molar-refractivity contribution in [2.75, 3.05) is 0 Å². The van der Waals surface area contributed by atoms with Crippen molar-refractivity contribution in [2.45, 2.75) is 7.43 Å². The summed E-state index contributed by atoms with van der Waals surface area (Å²) >= 11 is 0. The van der Waals surface area contributed by atoms with E-state index >= 15 is 0 Å². The molecule has 0 amide bonds. The predicted octanol–water partition coefficient (Wildman–Crippen LogP) is 1.78. The Kier molecular flexibility index (Phi) is 675000. The maximum atomic E-state index is 0. The average Bonchev–Trinajstić information content (AvgIpc) is 0. The van der Waals surface area contributed by atoms with E-state index in [1.165, 1.54) is 0 Å². The van der Waals surface area contributed by atoms with E-state index in [1.54, 1.807) is 0 Å². The Hall–Kier alpha value is -0.160. The van der Waals surface area contributed by atoms with Crippen LogP contribution in [-0.2, 0) is 0 Å². The third-order valence-corrected chi connectivity index (χ3v) is 0. The molecule has 0 radical (unpaired) electrons. The lowest BCUT2D eigenvalue weighted by molar-refractivity contribution is 2.13. The summed E-state index contributed by atoms with van der Waals surface area (Å²) in [4.78, 5) is 0. The van der Waals surface area contributed by atoms with Crippen molar-refractivity contribution in [3.8, 4) is 0 Å². The fraction of sp³-hybridized carbons (Fsp3) is 1.00. The van der Waals surface area contributed by atoms with Crippen LogP contribution in [0.5, 0.6) is 0 Å². The summed E-state index contributed by atoms with van der Waals surface area (Å²) in [5, 5.41) is 0. The van der Waals surface area contributed by atoms with Crippen LogP contribution in [0.2, 0.25) is 0 Å². The Morgan fingerprint density at radius 3 is 0.600 bits per heavy atom. The van der Waals surface area contributed by atoms with E-state index in [9.17, 15) is 0 Å². The van der Waals surface area contributed by atoms with Crippen molar-refractivity contribution in [1.29, 1.82) is 0 Å². The lowest BCUT2D eigenvalue weighted by atomic mass is 12.0. The van der Waals surface area contributed by atoms with Crippen molar-refractivity contribution >= 4 is 0 Å². The largest absolute Gasteiger partial charge is 0.344 e. The van der Waals surface area contributed by atoms with Gasteiger partial charge in [0.05, 0.1) is 0 Å². The molecule has 0 heterocycles. The summed E-state index contributed by atoms with van der Waals surface area (Å²) in [5.74, 6) is 0. The first-order valence-corrected chi connectivity index (χ1v) is 0. The van der Waals surface area contributed by atoms with Gasteiger partial charge in [-0.1, -0.05) is 7.43 Å². The second-order valence-corrected chi connectivity index (χ2v) is 0. The summed E-state index contributed by atoms with van der Waals surface area (Å²) in [6.45, 7) is 0. The monoisotopic (exact) mass is 92.2 g/mol. The fourth-order valence-electron chi connectivity index (χ4n) is 0. The fourth-order valence-corrected chi connectivity index (χ4v) is 0. The van der Waals surface area contributed by atoms with Crippen LogP contribution in [0, 0.1) is 0 Å². The Morgan fingerprint density at radius 1 is 0.600 bits per heavy atom. The number of hydrogen-bond donors (Lipinski definition) is 4. The standard InChI is InChI=1S/CH4.4H3N.2H2/h1H4;4*1H3;2*1H/i;;;;;2*1+2. The van der Waals surface area contributed by atoms with Crippen molar-refractivity contribution in [2.24, 2.45) is 0 Å². The van der Waals surface area contributed by atoms with Gasteiger partial charge in [-0.3, -0.25) is 0 Å². The van der Waals surface area contributed by atoms with E-state index in [-0.39, 0.29) is 34.9 Å². The van der Waals surface area contributed by atoms with Crippen LogP contribution in [0.1, 0.15) is 10.3 Å². The average molecular weight is 92.2 g/mol. The van der Waals surface area contributed by atoms with Gasteiger partial charge in [0.25, 0.3) is 0 Å². The van der Waals surface area contributed by atoms with Crippen molar-refractivity contribution in [3.05, 3.63) is 0 Å². The van der Waals surface area contributed by atoms with Gasteiger partial charge in [-0.25, -0.2) is 0 Å². The molecule has 0 saturated carbocycles. The zero-order chi connectivity index (χ0) is 0. The molecule has 0 aliphatic heterocycles. The van der Waals surface area contributed by atoms with Crippen LogP contribution < -0.4 is 24.6 Å². The van der Waals surface area contributed by atoms with Crippen molar-refractivity contribution < 1.29 is 2.85 Å². The Labute approximate surface area is 36.3 Å². The van der Waals surface area contributed by atoms with Gasteiger partial charge in [-0.05, 0) is 0 Å². The maximum absolute atomic E-state index is 0. The predicted molar refractivity (Wildman–Crippen MR) is 31.0 cm³/mol. The molecule has 0 spiro atoms. The summed E-state index contributed by atoms with van der Waals surface area (Å²) in [6, 6.07) is 0. The highest BCUT2D eigenvalue weighted by atomic mass is 14.0. The van der Waals surface area contributed by atoms with Gasteiger partial charge in [0.2, 0.25) is 0 Å². The van der Waals surface area contributed by atoms with Gasteiger partial charge in [-0.2, -0.15) is 0 Å². The molecule has 0 aromatic rings. The summed E-state index contributed by atoms with van der Waals surface area (Å²) in [6.07, 6.45) is 0. The molecule has 0 atom stereocenters. The second kappa shape index (κ2) is 1210. The molecule has 5 heavy (non-hydrogen) atoms. The first-order valence-electron chi connectivity index (χ1n) is 0. The summed E-state index contributed by atoms with van der Waals surface area (Å²) < 4.78 is 0. The minimum Gasteiger partial charge on any atom is -0.344 e. The van der Waals surface area contributed by atoms with Gasteiger partial charge in [0, 0.05) is 2.85 Å². The van der Waals surface area contributed by atoms with Gasteiger partial charge in [0.15, 0.2) is 0 Å². The quantitative estimate of drug-likeness (QED) is 0.361. The molecule has 0 aromatic heterocycles. The van der Waals surface area contributed by atoms with Crippen LogP contribution in [0.3, 0.4) is 0 Å². The Bertz CT molecular complexity index is 9.65. The smallest absolute Gasteiger partial charge is 0 e. The summed E-state index contributed by atoms with van der Waals surface area (Å²) in [5.41, 5.74) is 0. The molecule has 4 heteroatoms. The van der Waals surface area contributed by atoms with Crippen LogP contribution in [0.15, 0.2) is 0 Å². The molecule has 0 unspecified atom stereocenters. The Balaban J connectivity index is 0. The molecule has 0 fully saturated rings. The van der Waals surface area contributed by atoms with E-state index in [1.807, 2.05) is 0 Å². The minimum atomic E-state index is 0. The van der Waals surface area contributed by atoms with Gasteiger partial charge in [-0.15, -0.1) is 0 Å². The van der Waals surface area contributed by atoms with Crippen LogP contribution in [0.25, 0.3) is 0 Å². The zero-order valence-electron chi connectivity index (χ0n) is 2.83. The SMILES string of the molecule is C.N.N.N.N.[3HH].[3HH]. The third-order valence-electron chi connectivity index (χ3n) is 0. The molecule has 0 aliphatic carbocycles. The van der Waals surface area contributed by atoms with E-state index in [2.05, 4.69) is 0 Å².